The number of anilines is 1. The number of ether oxygens (including phenoxy) is 1. The lowest BCUT2D eigenvalue weighted by atomic mass is 10.1. The Morgan fingerprint density at radius 1 is 1.12 bits per heavy atom. The van der Waals surface area contributed by atoms with Crippen LogP contribution in [0.4, 0.5) is 5.69 Å². The molecule has 0 unspecified atom stereocenters. The number of carbonyl (C=O) groups excluding carboxylic acids is 2. The molecule has 0 atom stereocenters. The van der Waals surface area contributed by atoms with Crippen LogP contribution in [0.2, 0.25) is 0 Å². The molecule has 0 saturated heterocycles. The molecule has 6 heteroatoms. The van der Waals surface area contributed by atoms with E-state index in [4.69, 9.17) is 4.74 Å². The summed E-state index contributed by atoms with van der Waals surface area (Å²) in [6, 6.07) is 17.1. The Labute approximate surface area is 146 Å². The molecule has 0 aromatic heterocycles. The van der Waals surface area contributed by atoms with E-state index in [2.05, 4.69) is 10.4 Å². The maximum atomic E-state index is 12.2. The largest absolute Gasteiger partial charge is 0.489 e. The summed E-state index contributed by atoms with van der Waals surface area (Å²) in [5.41, 5.74) is 2.10. The minimum Gasteiger partial charge on any atom is -0.489 e. The van der Waals surface area contributed by atoms with Crippen molar-refractivity contribution in [3.63, 3.8) is 0 Å². The van der Waals surface area contributed by atoms with Crippen molar-refractivity contribution in [2.45, 2.75) is 19.4 Å². The number of hydrogen-bond acceptors (Lipinski definition) is 4. The smallest absolute Gasteiger partial charge is 0.271 e. The molecule has 0 radical (unpaired) electrons. The minimum absolute atomic E-state index is 0.0866. The first-order valence-corrected chi connectivity index (χ1v) is 8.04. The number of hydrogen-bond donors (Lipinski definition) is 1. The van der Waals surface area contributed by atoms with Crippen molar-refractivity contribution < 1.29 is 14.3 Å². The normalized spacial score (nSPS) is 14.0. The summed E-state index contributed by atoms with van der Waals surface area (Å²) in [7, 11) is 1.55. The van der Waals surface area contributed by atoms with Gasteiger partial charge in [0.15, 0.2) is 0 Å². The van der Waals surface area contributed by atoms with E-state index < -0.39 is 0 Å². The topological polar surface area (TPSA) is 71.0 Å². The molecular formula is C19H19N3O3. The number of nitrogens with one attached hydrogen (secondary N) is 1. The van der Waals surface area contributed by atoms with Crippen LogP contribution < -0.4 is 10.1 Å². The van der Waals surface area contributed by atoms with E-state index >= 15 is 0 Å². The molecule has 0 spiro atoms. The van der Waals surface area contributed by atoms with Crippen LogP contribution in [0.3, 0.4) is 0 Å². The fourth-order valence-electron chi connectivity index (χ4n) is 2.41. The molecule has 0 bridgehead atoms. The van der Waals surface area contributed by atoms with E-state index in [0.717, 1.165) is 11.3 Å². The number of amides is 2. The molecule has 3 rings (SSSR count). The van der Waals surface area contributed by atoms with Crippen molar-refractivity contribution in [1.29, 1.82) is 0 Å². The summed E-state index contributed by atoms with van der Waals surface area (Å²) >= 11 is 0. The third kappa shape index (κ3) is 4.44. The highest BCUT2D eigenvalue weighted by atomic mass is 16.5. The van der Waals surface area contributed by atoms with Gasteiger partial charge in [-0.1, -0.05) is 30.3 Å². The molecule has 1 heterocycles. The summed E-state index contributed by atoms with van der Waals surface area (Å²) in [4.78, 5) is 23.6. The van der Waals surface area contributed by atoms with Crippen molar-refractivity contribution >= 4 is 23.2 Å². The van der Waals surface area contributed by atoms with Crippen LogP contribution >= 0.6 is 0 Å². The van der Waals surface area contributed by atoms with Crippen LogP contribution in [0.25, 0.3) is 0 Å². The van der Waals surface area contributed by atoms with Crippen molar-refractivity contribution in [3.8, 4) is 5.75 Å². The fourth-order valence-corrected chi connectivity index (χ4v) is 2.41. The van der Waals surface area contributed by atoms with Gasteiger partial charge >= 0.3 is 0 Å². The molecule has 2 amide bonds. The van der Waals surface area contributed by atoms with Gasteiger partial charge in [0.25, 0.3) is 5.91 Å². The summed E-state index contributed by atoms with van der Waals surface area (Å²) < 4.78 is 5.71. The molecule has 25 heavy (non-hydrogen) atoms. The van der Waals surface area contributed by atoms with Crippen molar-refractivity contribution in [2.24, 2.45) is 5.10 Å². The van der Waals surface area contributed by atoms with Crippen molar-refractivity contribution in [2.75, 3.05) is 12.4 Å². The highest BCUT2D eigenvalue weighted by Gasteiger charge is 2.21. The molecule has 0 saturated carbocycles. The van der Waals surface area contributed by atoms with Crippen LogP contribution in [0.15, 0.2) is 59.7 Å². The van der Waals surface area contributed by atoms with Gasteiger partial charge in [0.1, 0.15) is 18.1 Å². The van der Waals surface area contributed by atoms with Crippen LogP contribution in [-0.2, 0) is 16.2 Å². The number of hydrazone groups is 1. The van der Waals surface area contributed by atoms with Gasteiger partial charge in [-0.15, -0.1) is 0 Å². The van der Waals surface area contributed by atoms with Crippen LogP contribution in [0.1, 0.15) is 18.4 Å². The molecule has 2 aromatic rings. The molecule has 0 fully saturated rings. The van der Waals surface area contributed by atoms with E-state index in [1.165, 1.54) is 5.01 Å². The van der Waals surface area contributed by atoms with E-state index in [9.17, 15) is 9.59 Å². The van der Waals surface area contributed by atoms with Crippen LogP contribution in [-0.4, -0.2) is 29.6 Å². The number of rotatable bonds is 5. The van der Waals surface area contributed by atoms with Crippen LogP contribution in [0.5, 0.6) is 5.75 Å². The Bertz CT molecular complexity index is 785. The first-order chi connectivity index (χ1) is 12.1. The fraction of sp³-hybridized carbons (Fsp3) is 0.211. The lowest BCUT2D eigenvalue weighted by Gasteiger charge is -2.18. The lowest BCUT2D eigenvalue weighted by molar-refractivity contribution is -0.130. The van der Waals surface area contributed by atoms with Crippen molar-refractivity contribution in [3.05, 3.63) is 60.2 Å². The molecule has 1 N–H and O–H groups in total. The summed E-state index contributed by atoms with van der Waals surface area (Å²) in [5, 5.41) is 8.00. The molecular weight excluding hydrogens is 318 g/mol. The zero-order valence-electron chi connectivity index (χ0n) is 13.9. The summed E-state index contributed by atoms with van der Waals surface area (Å²) in [6.07, 6.45) is 0.655. The lowest BCUT2D eigenvalue weighted by Crippen LogP contribution is -2.34. The second kappa shape index (κ2) is 7.61. The summed E-state index contributed by atoms with van der Waals surface area (Å²) in [5.74, 6) is 0.343. The minimum atomic E-state index is -0.294. The first-order valence-electron chi connectivity index (χ1n) is 8.04. The van der Waals surface area contributed by atoms with Gasteiger partial charge in [-0.2, -0.15) is 5.10 Å². The van der Waals surface area contributed by atoms with Crippen molar-refractivity contribution in [1.82, 2.24) is 5.01 Å². The molecule has 0 aliphatic carbocycles. The maximum absolute atomic E-state index is 12.2. The highest BCUT2D eigenvalue weighted by Crippen LogP contribution is 2.18. The van der Waals surface area contributed by atoms with E-state index in [0.29, 0.717) is 30.8 Å². The van der Waals surface area contributed by atoms with Gasteiger partial charge in [0.2, 0.25) is 5.91 Å². The van der Waals surface area contributed by atoms with Crippen LogP contribution in [0, 0.1) is 0 Å². The second-order valence-corrected chi connectivity index (χ2v) is 5.72. The van der Waals surface area contributed by atoms with E-state index in [1.54, 1.807) is 31.3 Å². The Kier molecular flexibility index (Phi) is 5.09. The monoisotopic (exact) mass is 337 g/mol. The Balaban J connectivity index is 1.56. The van der Waals surface area contributed by atoms with Gasteiger partial charge in [-0.25, -0.2) is 5.01 Å². The van der Waals surface area contributed by atoms with E-state index in [1.807, 2.05) is 30.3 Å². The zero-order valence-corrected chi connectivity index (χ0v) is 13.9. The third-order valence-electron chi connectivity index (χ3n) is 3.83. The van der Waals surface area contributed by atoms with Gasteiger partial charge in [0.05, 0.1) is 0 Å². The quantitative estimate of drug-likeness (QED) is 0.912. The SMILES string of the molecule is CN1N=C(C(=O)Nc2ccc(OCc3ccccc3)cc2)CCC1=O. The average Bonchev–Trinajstić information content (AvgIpc) is 2.64. The Morgan fingerprint density at radius 2 is 1.84 bits per heavy atom. The maximum Gasteiger partial charge on any atom is 0.271 e. The molecule has 128 valence electrons. The summed E-state index contributed by atoms with van der Waals surface area (Å²) in [6.45, 7) is 0.490. The molecule has 6 nitrogen and oxygen atoms in total. The zero-order chi connectivity index (χ0) is 17.6. The molecule has 1 aliphatic heterocycles. The average molecular weight is 337 g/mol. The Morgan fingerprint density at radius 3 is 2.52 bits per heavy atom. The number of carbonyl (C=O) groups is 2. The predicted octanol–water partition coefficient (Wildman–Crippen LogP) is 2.81. The number of benzene rings is 2. The second-order valence-electron chi connectivity index (χ2n) is 5.72. The predicted molar refractivity (Wildman–Crippen MR) is 95.3 cm³/mol. The van der Waals surface area contributed by atoms with Gasteiger partial charge < -0.3 is 10.1 Å². The molecule has 1 aliphatic rings. The van der Waals surface area contributed by atoms with Gasteiger partial charge in [-0.05, 0) is 29.8 Å². The van der Waals surface area contributed by atoms with Gasteiger partial charge in [-0.3, -0.25) is 9.59 Å². The third-order valence-corrected chi connectivity index (χ3v) is 3.83. The highest BCUT2D eigenvalue weighted by molar-refractivity contribution is 6.43. The van der Waals surface area contributed by atoms with Gasteiger partial charge in [0, 0.05) is 25.6 Å². The standard InChI is InChI=1S/C19H19N3O3/c1-22-18(23)12-11-17(21-22)19(24)20-15-7-9-16(10-8-15)25-13-14-5-3-2-4-6-14/h2-10H,11-13H2,1H3,(H,20,24). The molecule has 2 aromatic carbocycles. The number of nitrogens with zero attached hydrogens (tertiary/aromatic N) is 2. The first kappa shape index (κ1) is 16.7. The Hall–Kier alpha value is -3.15. The van der Waals surface area contributed by atoms with E-state index in [-0.39, 0.29) is 11.8 Å².